The largest absolute Gasteiger partial charge is 0.416 e. The normalized spacial score (nSPS) is 18.4. The van der Waals surface area contributed by atoms with Crippen molar-refractivity contribution in [2.75, 3.05) is 19.7 Å². The fraction of sp³-hybridized carbons (Fsp3) is 0.364. The molecule has 4 nitrogen and oxygen atoms in total. The number of aliphatic hydroxyl groups is 1. The summed E-state index contributed by atoms with van der Waals surface area (Å²) in [7, 11) is 0. The van der Waals surface area contributed by atoms with Crippen molar-refractivity contribution in [3.63, 3.8) is 0 Å². The second kappa shape index (κ2) is 7.30. The molecule has 4 rings (SSSR count). The lowest BCUT2D eigenvalue weighted by atomic mass is 9.90. The summed E-state index contributed by atoms with van der Waals surface area (Å²) in [5.41, 5.74) is 2.77. The van der Waals surface area contributed by atoms with Crippen LogP contribution in [0.25, 0.3) is 11.1 Å². The summed E-state index contributed by atoms with van der Waals surface area (Å²) in [6.45, 7) is 3.14. The quantitative estimate of drug-likeness (QED) is 0.842. The third kappa shape index (κ3) is 3.67. The zero-order chi connectivity index (χ0) is 20.8. The van der Waals surface area contributed by atoms with Crippen molar-refractivity contribution in [1.82, 2.24) is 4.90 Å². The first-order valence-electron chi connectivity index (χ1n) is 9.53. The number of alkyl halides is 3. The number of aliphatic imine (C=N–C) groups is 1. The van der Waals surface area contributed by atoms with Gasteiger partial charge in [-0.15, -0.1) is 0 Å². The van der Waals surface area contributed by atoms with Gasteiger partial charge < -0.3 is 10.0 Å². The highest BCUT2D eigenvalue weighted by atomic mass is 19.4. The van der Waals surface area contributed by atoms with E-state index in [1.54, 1.807) is 29.3 Å². The molecular formula is C22H21F3N2O2. The Morgan fingerprint density at radius 1 is 1.24 bits per heavy atom. The highest BCUT2D eigenvalue weighted by Crippen LogP contribution is 2.38. The first-order chi connectivity index (χ1) is 13.8. The van der Waals surface area contributed by atoms with Crippen molar-refractivity contribution in [3.8, 4) is 11.1 Å². The smallest absolute Gasteiger partial charge is 0.396 e. The molecule has 2 aromatic rings. The SMILES string of the molecule is Cc1ccc(C(=O)N2CCC(CO)C2)cc1-c1cc(C(F)(F)F)cc2c1C=NC2. The zero-order valence-corrected chi connectivity index (χ0v) is 16.0. The van der Waals surface area contributed by atoms with Crippen LogP contribution in [0.5, 0.6) is 0 Å². The van der Waals surface area contributed by atoms with Crippen LogP contribution in [0.1, 0.15) is 39.0 Å². The van der Waals surface area contributed by atoms with Crippen molar-refractivity contribution in [3.05, 3.63) is 58.1 Å². The van der Waals surface area contributed by atoms with Gasteiger partial charge in [0.15, 0.2) is 0 Å². The van der Waals surface area contributed by atoms with Gasteiger partial charge in [-0.3, -0.25) is 9.79 Å². The number of amides is 1. The minimum Gasteiger partial charge on any atom is -0.396 e. The molecule has 0 spiro atoms. The summed E-state index contributed by atoms with van der Waals surface area (Å²) in [6, 6.07) is 7.43. The van der Waals surface area contributed by atoms with Crippen molar-refractivity contribution in [2.45, 2.75) is 26.1 Å². The maximum atomic E-state index is 13.4. The van der Waals surface area contributed by atoms with Gasteiger partial charge in [0.25, 0.3) is 5.91 Å². The zero-order valence-electron chi connectivity index (χ0n) is 16.0. The van der Waals surface area contributed by atoms with E-state index in [1.807, 2.05) is 6.92 Å². The van der Waals surface area contributed by atoms with Crippen LogP contribution in [0.2, 0.25) is 0 Å². The summed E-state index contributed by atoms with van der Waals surface area (Å²) in [5.74, 6) is -0.0914. The average molecular weight is 402 g/mol. The monoisotopic (exact) mass is 402 g/mol. The Labute approximate surface area is 166 Å². The lowest BCUT2D eigenvalue weighted by molar-refractivity contribution is -0.137. The average Bonchev–Trinajstić information content (AvgIpc) is 3.35. The van der Waals surface area contributed by atoms with Crippen molar-refractivity contribution in [2.24, 2.45) is 10.9 Å². The van der Waals surface area contributed by atoms with Crippen LogP contribution in [-0.4, -0.2) is 41.8 Å². The molecule has 152 valence electrons. The molecule has 2 heterocycles. The van der Waals surface area contributed by atoms with E-state index in [0.29, 0.717) is 40.9 Å². The van der Waals surface area contributed by atoms with Gasteiger partial charge in [0.05, 0.1) is 12.1 Å². The minimum absolute atomic E-state index is 0.0403. The fourth-order valence-corrected chi connectivity index (χ4v) is 4.01. The molecule has 1 fully saturated rings. The van der Waals surface area contributed by atoms with E-state index >= 15 is 0 Å². The van der Waals surface area contributed by atoms with E-state index in [-0.39, 0.29) is 25.0 Å². The molecule has 1 atom stereocenters. The molecule has 1 amide bonds. The molecule has 0 aliphatic carbocycles. The predicted molar refractivity (Wildman–Crippen MR) is 104 cm³/mol. The minimum atomic E-state index is -4.46. The number of carbonyl (C=O) groups is 1. The van der Waals surface area contributed by atoms with Crippen molar-refractivity contribution < 1.29 is 23.1 Å². The number of hydrogen-bond donors (Lipinski definition) is 1. The van der Waals surface area contributed by atoms with E-state index in [4.69, 9.17) is 0 Å². The van der Waals surface area contributed by atoms with Crippen molar-refractivity contribution in [1.29, 1.82) is 0 Å². The Morgan fingerprint density at radius 2 is 2.03 bits per heavy atom. The topological polar surface area (TPSA) is 52.9 Å². The van der Waals surface area contributed by atoms with E-state index in [2.05, 4.69) is 4.99 Å². The van der Waals surface area contributed by atoms with Gasteiger partial charge in [-0.25, -0.2) is 0 Å². The molecule has 0 bridgehead atoms. The second-order valence-electron chi connectivity index (χ2n) is 7.68. The molecule has 0 saturated carbocycles. The van der Waals surface area contributed by atoms with E-state index in [0.717, 1.165) is 24.1 Å². The first kappa shape index (κ1) is 19.6. The van der Waals surface area contributed by atoms with Crippen molar-refractivity contribution >= 4 is 12.1 Å². The number of fused-ring (bicyclic) bond motifs is 1. The Morgan fingerprint density at radius 3 is 2.72 bits per heavy atom. The molecule has 2 aliphatic rings. The molecule has 1 unspecified atom stereocenters. The number of aryl methyl sites for hydroxylation is 1. The summed E-state index contributed by atoms with van der Waals surface area (Å²) in [5, 5.41) is 9.30. The molecular weight excluding hydrogens is 381 g/mol. The molecule has 7 heteroatoms. The van der Waals surface area contributed by atoms with E-state index in [1.165, 1.54) is 0 Å². The lowest BCUT2D eigenvalue weighted by Crippen LogP contribution is -2.29. The summed E-state index contributed by atoms with van der Waals surface area (Å²) >= 11 is 0. The van der Waals surface area contributed by atoms with Crippen LogP contribution in [0.3, 0.4) is 0 Å². The number of nitrogens with zero attached hydrogens (tertiary/aromatic N) is 2. The summed E-state index contributed by atoms with van der Waals surface area (Å²) < 4.78 is 40.2. The number of likely N-dealkylation sites (tertiary alicyclic amines) is 1. The Hall–Kier alpha value is -2.67. The highest BCUT2D eigenvalue weighted by Gasteiger charge is 2.33. The van der Waals surface area contributed by atoms with E-state index in [9.17, 15) is 23.1 Å². The number of aliphatic hydroxyl groups excluding tert-OH is 1. The van der Waals surface area contributed by atoms with Gasteiger partial charge in [0, 0.05) is 43.0 Å². The van der Waals surface area contributed by atoms with Crippen LogP contribution >= 0.6 is 0 Å². The molecule has 2 aliphatic heterocycles. The van der Waals surface area contributed by atoms with Crippen LogP contribution in [0.15, 0.2) is 35.3 Å². The van der Waals surface area contributed by atoms with Gasteiger partial charge in [-0.05, 0) is 59.9 Å². The molecule has 1 saturated heterocycles. The third-order valence-corrected chi connectivity index (χ3v) is 5.68. The standard InChI is InChI=1S/C22H21F3N2O2/c1-13-2-3-15(21(29)27-5-4-14(11-27)12-28)7-18(13)19-8-17(22(23,24)25)6-16-9-26-10-20(16)19/h2-3,6-8,10,14,28H,4-5,9,11-12H2,1H3. The van der Waals surface area contributed by atoms with Gasteiger partial charge in [0.2, 0.25) is 0 Å². The maximum absolute atomic E-state index is 13.4. The number of benzene rings is 2. The number of rotatable bonds is 3. The third-order valence-electron chi connectivity index (χ3n) is 5.68. The van der Waals surface area contributed by atoms with Gasteiger partial charge >= 0.3 is 6.18 Å². The Bertz CT molecular complexity index is 998. The Balaban J connectivity index is 1.77. The maximum Gasteiger partial charge on any atom is 0.416 e. The fourth-order valence-electron chi connectivity index (χ4n) is 4.01. The van der Waals surface area contributed by atoms with Crippen LogP contribution in [0.4, 0.5) is 13.2 Å². The summed E-state index contributed by atoms with van der Waals surface area (Å²) in [4.78, 5) is 18.7. The number of carbonyl (C=O) groups excluding carboxylic acids is 1. The number of halogens is 3. The number of hydrogen-bond acceptors (Lipinski definition) is 3. The van der Waals surface area contributed by atoms with Crippen LogP contribution < -0.4 is 0 Å². The van der Waals surface area contributed by atoms with Crippen LogP contribution in [0, 0.1) is 12.8 Å². The molecule has 0 aromatic heterocycles. The first-order valence-corrected chi connectivity index (χ1v) is 9.53. The van der Waals surface area contributed by atoms with Gasteiger partial charge in [-0.1, -0.05) is 6.07 Å². The second-order valence-corrected chi connectivity index (χ2v) is 7.68. The molecule has 29 heavy (non-hydrogen) atoms. The summed E-state index contributed by atoms with van der Waals surface area (Å²) in [6.07, 6.45) is -2.10. The Kier molecular flexibility index (Phi) is 4.94. The molecule has 1 N–H and O–H groups in total. The van der Waals surface area contributed by atoms with E-state index < -0.39 is 11.7 Å². The van der Waals surface area contributed by atoms with Gasteiger partial charge in [0.1, 0.15) is 0 Å². The highest BCUT2D eigenvalue weighted by molar-refractivity contribution is 5.99. The molecule has 2 aromatic carbocycles. The lowest BCUT2D eigenvalue weighted by Gasteiger charge is -2.19. The van der Waals surface area contributed by atoms with Crippen LogP contribution in [-0.2, 0) is 12.7 Å². The van der Waals surface area contributed by atoms with Gasteiger partial charge in [-0.2, -0.15) is 13.2 Å². The molecule has 0 radical (unpaired) electrons. The predicted octanol–water partition coefficient (Wildman–Crippen LogP) is 4.07.